The second kappa shape index (κ2) is 5.32. The summed E-state index contributed by atoms with van der Waals surface area (Å²) < 4.78 is 0. The SMILES string of the molecule is Cc1cc(C)c(C(O)Cc2ccccn2)c(C)c1. The summed E-state index contributed by atoms with van der Waals surface area (Å²) in [6.45, 7) is 6.18. The minimum Gasteiger partial charge on any atom is -0.388 e. The minimum absolute atomic E-state index is 0.486. The molecule has 1 N–H and O–H groups in total. The molecule has 0 spiro atoms. The van der Waals surface area contributed by atoms with Crippen molar-refractivity contribution >= 4 is 0 Å². The van der Waals surface area contributed by atoms with Crippen LogP contribution < -0.4 is 0 Å². The number of aryl methyl sites for hydroxylation is 3. The van der Waals surface area contributed by atoms with E-state index in [9.17, 15) is 5.11 Å². The normalized spacial score (nSPS) is 12.4. The second-order valence-electron chi connectivity index (χ2n) is 4.85. The molecule has 0 aliphatic heterocycles. The Labute approximate surface area is 108 Å². The van der Waals surface area contributed by atoms with Crippen molar-refractivity contribution in [2.45, 2.75) is 33.3 Å². The number of pyridine rings is 1. The van der Waals surface area contributed by atoms with Gasteiger partial charge < -0.3 is 5.11 Å². The summed E-state index contributed by atoms with van der Waals surface area (Å²) in [5, 5.41) is 10.4. The lowest BCUT2D eigenvalue weighted by atomic mass is 9.93. The molecule has 0 radical (unpaired) electrons. The zero-order valence-electron chi connectivity index (χ0n) is 11.1. The number of hydrogen-bond donors (Lipinski definition) is 1. The van der Waals surface area contributed by atoms with Gasteiger partial charge in [0.2, 0.25) is 0 Å². The van der Waals surface area contributed by atoms with Crippen LogP contribution in [0.3, 0.4) is 0 Å². The molecule has 2 nitrogen and oxygen atoms in total. The molecule has 0 saturated carbocycles. The van der Waals surface area contributed by atoms with Gasteiger partial charge in [0.15, 0.2) is 0 Å². The van der Waals surface area contributed by atoms with Crippen molar-refractivity contribution in [2.75, 3.05) is 0 Å². The van der Waals surface area contributed by atoms with Crippen molar-refractivity contribution in [3.8, 4) is 0 Å². The summed E-state index contributed by atoms with van der Waals surface area (Å²) in [6.07, 6.45) is 1.84. The van der Waals surface area contributed by atoms with Gasteiger partial charge in [-0.25, -0.2) is 0 Å². The maximum Gasteiger partial charge on any atom is 0.0850 e. The van der Waals surface area contributed by atoms with E-state index in [4.69, 9.17) is 0 Å². The average molecular weight is 241 g/mol. The Morgan fingerprint density at radius 3 is 2.33 bits per heavy atom. The van der Waals surface area contributed by atoms with Crippen molar-refractivity contribution in [1.29, 1.82) is 0 Å². The first-order valence-corrected chi connectivity index (χ1v) is 6.23. The van der Waals surface area contributed by atoms with Crippen LogP contribution in [0.25, 0.3) is 0 Å². The van der Waals surface area contributed by atoms with E-state index in [1.165, 1.54) is 5.56 Å². The topological polar surface area (TPSA) is 33.1 Å². The number of aliphatic hydroxyl groups is 1. The Bertz CT molecular complexity index is 511. The maximum absolute atomic E-state index is 10.4. The number of hydrogen-bond acceptors (Lipinski definition) is 2. The predicted octanol–water partition coefficient (Wildman–Crippen LogP) is 3.28. The van der Waals surface area contributed by atoms with Crippen LogP contribution in [0, 0.1) is 20.8 Å². The number of aromatic nitrogens is 1. The molecule has 0 aliphatic carbocycles. The minimum atomic E-state index is -0.486. The first-order chi connectivity index (χ1) is 8.58. The molecule has 0 fully saturated rings. The molecule has 0 aliphatic rings. The Hall–Kier alpha value is -1.67. The van der Waals surface area contributed by atoms with Crippen molar-refractivity contribution < 1.29 is 5.11 Å². The molecule has 1 aromatic heterocycles. The number of rotatable bonds is 3. The van der Waals surface area contributed by atoms with Gasteiger partial charge in [-0.1, -0.05) is 23.8 Å². The van der Waals surface area contributed by atoms with Crippen molar-refractivity contribution in [3.05, 3.63) is 64.5 Å². The van der Waals surface area contributed by atoms with Crippen LogP contribution >= 0.6 is 0 Å². The zero-order chi connectivity index (χ0) is 13.1. The lowest BCUT2D eigenvalue weighted by Gasteiger charge is -2.17. The predicted molar refractivity (Wildman–Crippen MR) is 73.6 cm³/mol. The molecule has 1 aromatic carbocycles. The molecule has 2 aromatic rings. The second-order valence-corrected chi connectivity index (χ2v) is 4.85. The van der Waals surface area contributed by atoms with Crippen LogP contribution in [-0.4, -0.2) is 10.1 Å². The molecule has 1 unspecified atom stereocenters. The Morgan fingerprint density at radius 2 is 1.78 bits per heavy atom. The third-order valence-electron chi connectivity index (χ3n) is 3.20. The summed E-state index contributed by atoms with van der Waals surface area (Å²) in [6, 6.07) is 10.0. The van der Waals surface area contributed by atoms with E-state index in [0.717, 1.165) is 22.4 Å². The van der Waals surface area contributed by atoms with Crippen molar-refractivity contribution in [2.24, 2.45) is 0 Å². The van der Waals surface area contributed by atoms with Crippen LogP contribution in [-0.2, 0) is 6.42 Å². The molecular weight excluding hydrogens is 222 g/mol. The Morgan fingerprint density at radius 1 is 1.11 bits per heavy atom. The summed E-state index contributed by atoms with van der Waals surface area (Å²) >= 11 is 0. The van der Waals surface area contributed by atoms with Crippen LogP contribution in [0.2, 0.25) is 0 Å². The third kappa shape index (κ3) is 2.77. The van der Waals surface area contributed by atoms with Gasteiger partial charge in [-0.05, 0) is 49.6 Å². The van der Waals surface area contributed by atoms with E-state index in [1.54, 1.807) is 6.20 Å². The van der Waals surface area contributed by atoms with E-state index in [0.29, 0.717) is 6.42 Å². The Kier molecular flexibility index (Phi) is 3.78. The highest BCUT2D eigenvalue weighted by Crippen LogP contribution is 2.25. The highest BCUT2D eigenvalue weighted by Gasteiger charge is 2.14. The summed E-state index contributed by atoms with van der Waals surface area (Å²) in [4.78, 5) is 4.26. The van der Waals surface area contributed by atoms with Crippen molar-refractivity contribution in [3.63, 3.8) is 0 Å². The van der Waals surface area contributed by atoms with Crippen LogP contribution in [0.4, 0.5) is 0 Å². The van der Waals surface area contributed by atoms with Crippen LogP contribution in [0.1, 0.15) is 34.1 Å². The van der Waals surface area contributed by atoms with Gasteiger partial charge >= 0.3 is 0 Å². The van der Waals surface area contributed by atoms with E-state index in [-0.39, 0.29) is 0 Å². The number of aliphatic hydroxyl groups excluding tert-OH is 1. The van der Waals surface area contributed by atoms with Gasteiger partial charge in [-0.3, -0.25) is 4.98 Å². The molecule has 0 saturated heterocycles. The zero-order valence-corrected chi connectivity index (χ0v) is 11.1. The number of benzene rings is 1. The monoisotopic (exact) mass is 241 g/mol. The highest BCUT2D eigenvalue weighted by molar-refractivity contribution is 5.39. The fourth-order valence-corrected chi connectivity index (χ4v) is 2.54. The van der Waals surface area contributed by atoms with E-state index < -0.39 is 6.10 Å². The first kappa shape index (κ1) is 12.8. The standard InChI is InChI=1S/C16H19NO/c1-11-8-12(2)16(13(3)9-11)15(18)10-14-6-4-5-7-17-14/h4-9,15,18H,10H2,1-3H3. The molecule has 0 bridgehead atoms. The van der Waals surface area contributed by atoms with E-state index >= 15 is 0 Å². The van der Waals surface area contributed by atoms with E-state index in [2.05, 4.69) is 37.9 Å². The fourth-order valence-electron chi connectivity index (χ4n) is 2.54. The molecule has 1 atom stereocenters. The van der Waals surface area contributed by atoms with Gasteiger partial charge in [-0.15, -0.1) is 0 Å². The highest BCUT2D eigenvalue weighted by atomic mass is 16.3. The van der Waals surface area contributed by atoms with Gasteiger partial charge in [0, 0.05) is 18.3 Å². The third-order valence-corrected chi connectivity index (χ3v) is 3.20. The van der Waals surface area contributed by atoms with Crippen LogP contribution in [0.15, 0.2) is 36.5 Å². The summed E-state index contributed by atoms with van der Waals surface area (Å²) in [5.74, 6) is 0. The lowest BCUT2D eigenvalue weighted by molar-refractivity contribution is 0.175. The quantitative estimate of drug-likeness (QED) is 0.894. The largest absolute Gasteiger partial charge is 0.388 e. The van der Waals surface area contributed by atoms with Gasteiger partial charge in [0.1, 0.15) is 0 Å². The lowest BCUT2D eigenvalue weighted by Crippen LogP contribution is -2.07. The van der Waals surface area contributed by atoms with Gasteiger partial charge in [-0.2, -0.15) is 0 Å². The van der Waals surface area contributed by atoms with E-state index in [1.807, 2.05) is 18.2 Å². The first-order valence-electron chi connectivity index (χ1n) is 6.23. The molecule has 2 heteroatoms. The molecule has 94 valence electrons. The fraction of sp³-hybridized carbons (Fsp3) is 0.312. The molecule has 2 rings (SSSR count). The molecular formula is C16H19NO. The average Bonchev–Trinajstić information content (AvgIpc) is 2.28. The molecule has 0 amide bonds. The van der Waals surface area contributed by atoms with Crippen LogP contribution in [0.5, 0.6) is 0 Å². The van der Waals surface area contributed by atoms with Gasteiger partial charge in [0.05, 0.1) is 6.10 Å². The summed E-state index contributed by atoms with van der Waals surface area (Å²) in [5.41, 5.74) is 5.49. The molecule has 18 heavy (non-hydrogen) atoms. The van der Waals surface area contributed by atoms with Gasteiger partial charge in [0.25, 0.3) is 0 Å². The van der Waals surface area contributed by atoms with Crippen molar-refractivity contribution in [1.82, 2.24) is 4.98 Å². The number of nitrogens with zero attached hydrogens (tertiary/aromatic N) is 1. The Balaban J connectivity index is 2.27. The summed E-state index contributed by atoms with van der Waals surface area (Å²) in [7, 11) is 0. The maximum atomic E-state index is 10.4. The molecule has 1 heterocycles. The smallest absolute Gasteiger partial charge is 0.0850 e.